The molecule has 2 rings (SSSR count). The van der Waals surface area contributed by atoms with E-state index < -0.39 is 0 Å². The molecule has 0 saturated heterocycles. The Hall–Kier alpha value is -1.77. The van der Waals surface area contributed by atoms with E-state index in [9.17, 15) is 5.11 Å². The first-order valence-corrected chi connectivity index (χ1v) is 6.42. The summed E-state index contributed by atoms with van der Waals surface area (Å²) < 4.78 is 1.91. The summed E-state index contributed by atoms with van der Waals surface area (Å²) in [7, 11) is 0. The van der Waals surface area contributed by atoms with Crippen LogP contribution in [0.2, 0.25) is 0 Å². The maximum atomic E-state index is 10.3. The van der Waals surface area contributed by atoms with Crippen LogP contribution < -0.4 is 0 Å². The van der Waals surface area contributed by atoms with Crippen LogP contribution in [0.5, 0.6) is 5.75 Å². The third kappa shape index (κ3) is 2.13. The molecule has 0 atom stereocenters. The Kier molecular flexibility index (Phi) is 3.41. The molecule has 1 aromatic carbocycles. The minimum atomic E-state index is 0.228. The van der Waals surface area contributed by atoms with Crippen molar-refractivity contribution in [2.45, 2.75) is 40.2 Å². The van der Waals surface area contributed by atoms with Crippen molar-refractivity contribution in [2.75, 3.05) is 0 Å². The Bertz CT molecular complexity index is 556. The van der Waals surface area contributed by atoms with Gasteiger partial charge in [0, 0.05) is 11.6 Å². The van der Waals surface area contributed by atoms with Gasteiger partial charge in [-0.3, -0.25) is 4.68 Å². The monoisotopic (exact) mass is 244 g/mol. The number of benzene rings is 1. The minimum Gasteiger partial charge on any atom is -0.504 e. The first kappa shape index (κ1) is 12.7. The van der Waals surface area contributed by atoms with Gasteiger partial charge in [-0.15, -0.1) is 0 Å². The maximum Gasteiger partial charge on any atom is 0.164 e. The van der Waals surface area contributed by atoms with Gasteiger partial charge in [0.25, 0.3) is 0 Å². The average Bonchev–Trinajstić information content (AvgIpc) is 2.66. The molecule has 0 amide bonds. The van der Waals surface area contributed by atoms with E-state index in [4.69, 9.17) is 0 Å². The molecule has 18 heavy (non-hydrogen) atoms. The van der Waals surface area contributed by atoms with Crippen molar-refractivity contribution in [1.82, 2.24) is 9.78 Å². The molecule has 0 aliphatic carbocycles. The van der Waals surface area contributed by atoms with Crippen molar-refractivity contribution >= 4 is 0 Å². The lowest BCUT2D eigenvalue weighted by Gasteiger charge is -2.11. The second-order valence-corrected chi connectivity index (χ2v) is 4.91. The van der Waals surface area contributed by atoms with Gasteiger partial charge >= 0.3 is 0 Å². The van der Waals surface area contributed by atoms with E-state index in [2.05, 4.69) is 38.0 Å². The molecule has 1 N–H and O–H groups in total. The molecule has 0 fully saturated rings. The maximum absolute atomic E-state index is 10.3. The summed E-state index contributed by atoms with van der Waals surface area (Å²) in [5.74, 6) is 0.316. The largest absolute Gasteiger partial charge is 0.504 e. The van der Waals surface area contributed by atoms with Crippen LogP contribution in [-0.2, 0) is 6.42 Å². The van der Waals surface area contributed by atoms with E-state index in [1.54, 1.807) is 0 Å². The number of aromatic hydroxyl groups is 1. The van der Waals surface area contributed by atoms with Gasteiger partial charge in [0.15, 0.2) is 5.75 Å². The molecule has 1 aromatic heterocycles. The van der Waals surface area contributed by atoms with Crippen molar-refractivity contribution < 1.29 is 5.11 Å². The molecule has 1 heterocycles. The number of aromatic nitrogens is 2. The van der Waals surface area contributed by atoms with Gasteiger partial charge < -0.3 is 5.11 Å². The fraction of sp³-hybridized carbons (Fsp3) is 0.400. The molecule has 0 spiro atoms. The molecule has 0 aliphatic heterocycles. The Balaban J connectivity index is 2.65. The fourth-order valence-electron chi connectivity index (χ4n) is 2.15. The van der Waals surface area contributed by atoms with Crippen LogP contribution in [0.1, 0.15) is 38.1 Å². The molecule has 3 nitrogen and oxygen atoms in total. The number of nitrogens with zero attached hydrogens (tertiary/aromatic N) is 2. The van der Waals surface area contributed by atoms with E-state index in [0.717, 1.165) is 23.4 Å². The lowest BCUT2D eigenvalue weighted by atomic mass is 10.1. The predicted molar refractivity (Wildman–Crippen MR) is 73.8 cm³/mol. The summed E-state index contributed by atoms with van der Waals surface area (Å²) in [5.41, 5.74) is 3.79. The third-order valence-corrected chi connectivity index (χ3v) is 3.07. The SMILES string of the molecule is CCc1nn(C(C)C)c(-c2cccc(C)c2)c1O. The van der Waals surface area contributed by atoms with E-state index >= 15 is 0 Å². The van der Waals surface area contributed by atoms with Gasteiger partial charge in [-0.1, -0.05) is 30.7 Å². The molecule has 0 bridgehead atoms. The Morgan fingerprint density at radius 2 is 2.06 bits per heavy atom. The van der Waals surface area contributed by atoms with Crippen molar-refractivity contribution in [2.24, 2.45) is 0 Å². The first-order chi connectivity index (χ1) is 8.54. The predicted octanol–water partition coefficient (Wildman–Crippen LogP) is 3.71. The van der Waals surface area contributed by atoms with Crippen molar-refractivity contribution in [3.8, 4) is 17.0 Å². The summed E-state index contributed by atoms with van der Waals surface area (Å²) in [6, 6.07) is 8.38. The van der Waals surface area contributed by atoms with E-state index in [1.165, 1.54) is 5.56 Å². The first-order valence-electron chi connectivity index (χ1n) is 6.42. The van der Waals surface area contributed by atoms with Gasteiger partial charge in [0.2, 0.25) is 0 Å². The van der Waals surface area contributed by atoms with Gasteiger partial charge in [-0.25, -0.2) is 0 Å². The molecule has 3 heteroatoms. The smallest absolute Gasteiger partial charge is 0.164 e. The highest BCUT2D eigenvalue weighted by molar-refractivity contribution is 5.68. The number of rotatable bonds is 3. The third-order valence-electron chi connectivity index (χ3n) is 3.07. The summed E-state index contributed by atoms with van der Waals surface area (Å²) in [6.07, 6.45) is 0.740. The number of hydrogen-bond acceptors (Lipinski definition) is 2. The van der Waals surface area contributed by atoms with Crippen LogP contribution >= 0.6 is 0 Å². The van der Waals surface area contributed by atoms with Crippen molar-refractivity contribution in [3.63, 3.8) is 0 Å². The Morgan fingerprint density at radius 3 is 2.61 bits per heavy atom. The van der Waals surface area contributed by atoms with Crippen molar-refractivity contribution in [1.29, 1.82) is 0 Å². The minimum absolute atomic E-state index is 0.228. The Labute approximate surface area is 108 Å². The second kappa shape index (κ2) is 4.84. The molecule has 0 saturated carbocycles. The molecule has 0 unspecified atom stereocenters. The molecule has 0 aliphatic rings. The van der Waals surface area contributed by atoms with Crippen LogP contribution in [0.15, 0.2) is 24.3 Å². The van der Waals surface area contributed by atoms with E-state index in [-0.39, 0.29) is 6.04 Å². The zero-order chi connectivity index (χ0) is 13.3. The van der Waals surface area contributed by atoms with E-state index in [0.29, 0.717) is 5.75 Å². The molecule has 2 aromatic rings. The van der Waals surface area contributed by atoms with E-state index in [1.807, 2.05) is 23.7 Å². The van der Waals surface area contributed by atoms with Gasteiger partial charge in [-0.05, 0) is 33.3 Å². The zero-order valence-corrected chi connectivity index (χ0v) is 11.4. The summed E-state index contributed by atoms with van der Waals surface area (Å²) in [6.45, 7) is 8.21. The lowest BCUT2D eigenvalue weighted by molar-refractivity contribution is 0.469. The van der Waals surface area contributed by atoms with Crippen LogP contribution in [-0.4, -0.2) is 14.9 Å². The average molecular weight is 244 g/mol. The lowest BCUT2D eigenvalue weighted by Crippen LogP contribution is -2.05. The normalized spacial score (nSPS) is 11.2. The van der Waals surface area contributed by atoms with Gasteiger partial charge in [0.1, 0.15) is 11.4 Å². The van der Waals surface area contributed by atoms with Crippen LogP contribution in [0, 0.1) is 6.92 Å². The molecule has 0 radical (unpaired) electrons. The highest BCUT2D eigenvalue weighted by Crippen LogP contribution is 2.34. The van der Waals surface area contributed by atoms with Gasteiger partial charge in [0.05, 0.1) is 0 Å². The molecular formula is C15H20N2O. The van der Waals surface area contributed by atoms with Crippen LogP contribution in [0.25, 0.3) is 11.3 Å². The number of hydrogen-bond donors (Lipinski definition) is 1. The standard InChI is InChI=1S/C15H20N2O/c1-5-13-15(18)14(17(16-13)10(2)3)12-8-6-7-11(4)9-12/h6-10,18H,5H2,1-4H3. The highest BCUT2D eigenvalue weighted by atomic mass is 16.3. The van der Waals surface area contributed by atoms with Gasteiger partial charge in [-0.2, -0.15) is 5.10 Å². The fourth-order valence-corrected chi connectivity index (χ4v) is 2.15. The quantitative estimate of drug-likeness (QED) is 0.893. The van der Waals surface area contributed by atoms with Crippen LogP contribution in [0.4, 0.5) is 0 Å². The summed E-state index contributed by atoms with van der Waals surface area (Å²) >= 11 is 0. The topological polar surface area (TPSA) is 38.0 Å². The summed E-state index contributed by atoms with van der Waals surface area (Å²) in [5, 5.41) is 14.8. The summed E-state index contributed by atoms with van der Waals surface area (Å²) in [4.78, 5) is 0. The van der Waals surface area contributed by atoms with Crippen LogP contribution in [0.3, 0.4) is 0 Å². The zero-order valence-electron chi connectivity index (χ0n) is 11.4. The Morgan fingerprint density at radius 1 is 1.33 bits per heavy atom. The number of aryl methyl sites for hydroxylation is 2. The molecule has 96 valence electrons. The van der Waals surface area contributed by atoms with Crippen molar-refractivity contribution in [3.05, 3.63) is 35.5 Å². The molecular weight excluding hydrogens is 224 g/mol. The highest BCUT2D eigenvalue weighted by Gasteiger charge is 2.19. The second-order valence-electron chi connectivity index (χ2n) is 4.91.